The SMILES string of the molecule is CC.CC.CC(=O)COCCOCCN.[HH]. The first-order chi connectivity index (χ1) is 7.27. The van der Waals surface area contributed by atoms with Crippen LogP contribution in [0.4, 0.5) is 0 Å². The highest BCUT2D eigenvalue weighted by Crippen LogP contribution is 1.78. The summed E-state index contributed by atoms with van der Waals surface area (Å²) in [5.41, 5.74) is 5.17. The number of rotatable bonds is 7. The molecule has 0 aromatic carbocycles. The normalized spacial score (nSPS) is 8.13. The molecule has 15 heavy (non-hydrogen) atoms. The molecule has 0 bridgehead atoms. The Bertz CT molecular complexity index is 113. The van der Waals surface area contributed by atoms with E-state index in [0.717, 1.165) is 0 Å². The van der Waals surface area contributed by atoms with Crippen LogP contribution < -0.4 is 5.73 Å². The second kappa shape index (κ2) is 23.4. The Balaban J connectivity index is -0.000000129. The number of hydrogen-bond donors (Lipinski definition) is 1. The summed E-state index contributed by atoms with van der Waals surface area (Å²) >= 11 is 0. The molecule has 0 heterocycles. The summed E-state index contributed by atoms with van der Waals surface area (Å²) < 4.78 is 9.93. The first-order valence-corrected chi connectivity index (χ1v) is 5.62. The predicted octanol–water partition coefficient (Wildman–Crippen LogP) is 1.87. The minimum absolute atomic E-state index is 0. The summed E-state index contributed by atoms with van der Waals surface area (Å²) in [5.74, 6) is 0.0313. The molecule has 0 radical (unpaired) electrons. The van der Waals surface area contributed by atoms with Crippen molar-refractivity contribution in [3.8, 4) is 0 Å². The second-order valence-corrected chi connectivity index (χ2v) is 2.16. The Morgan fingerprint density at radius 3 is 1.93 bits per heavy atom. The van der Waals surface area contributed by atoms with Crippen LogP contribution in [0.3, 0.4) is 0 Å². The molecule has 0 unspecified atom stereocenters. The fourth-order valence-electron chi connectivity index (χ4n) is 0.519. The maximum Gasteiger partial charge on any atom is 0.155 e. The number of hydrogen-bond acceptors (Lipinski definition) is 4. The molecule has 0 aliphatic carbocycles. The van der Waals surface area contributed by atoms with Gasteiger partial charge in [-0.3, -0.25) is 4.79 Å². The summed E-state index contributed by atoms with van der Waals surface area (Å²) in [6.07, 6.45) is 0. The molecule has 4 nitrogen and oxygen atoms in total. The Kier molecular flexibility index (Phi) is 31.2. The third-order valence-electron chi connectivity index (χ3n) is 0.940. The molecule has 0 amide bonds. The van der Waals surface area contributed by atoms with E-state index in [-0.39, 0.29) is 13.8 Å². The Hall–Kier alpha value is -0.450. The molecule has 0 saturated heterocycles. The lowest BCUT2D eigenvalue weighted by atomic mass is 10.5. The topological polar surface area (TPSA) is 61.5 Å². The van der Waals surface area contributed by atoms with Gasteiger partial charge in [-0.05, 0) is 6.92 Å². The highest BCUT2D eigenvalue weighted by molar-refractivity contribution is 5.76. The molecule has 0 rings (SSSR count). The minimum atomic E-state index is 0. The lowest BCUT2D eigenvalue weighted by molar-refractivity contribution is -0.121. The molecule has 0 aliphatic rings. The van der Waals surface area contributed by atoms with Gasteiger partial charge in [0.25, 0.3) is 0 Å². The largest absolute Gasteiger partial charge is 0.378 e. The molecule has 0 aromatic heterocycles. The number of carbonyl (C=O) groups excluding carboxylic acids is 1. The maximum atomic E-state index is 10.3. The average molecular weight is 223 g/mol. The molecular formula is C11H29NO3. The van der Waals surface area contributed by atoms with Gasteiger partial charge in [-0.1, -0.05) is 27.7 Å². The zero-order valence-corrected chi connectivity index (χ0v) is 10.8. The summed E-state index contributed by atoms with van der Waals surface area (Å²) in [6, 6.07) is 0. The van der Waals surface area contributed by atoms with Crippen LogP contribution in [-0.2, 0) is 14.3 Å². The summed E-state index contributed by atoms with van der Waals surface area (Å²) in [6.45, 7) is 11.7. The van der Waals surface area contributed by atoms with Crippen molar-refractivity contribution in [2.24, 2.45) is 5.73 Å². The van der Waals surface area contributed by atoms with Crippen LogP contribution in [0.15, 0.2) is 0 Å². The maximum absolute atomic E-state index is 10.3. The van der Waals surface area contributed by atoms with Gasteiger partial charge in [0.1, 0.15) is 6.61 Å². The van der Waals surface area contributed by atoms with Crippen LogP contribution in [-0.4, -0.2) is 38.8 Å². The Labute approximate surface area is 95.6 Å². The Morgan fingerprint density at radius 2 is 1.53 bits per heavy atom. The van der Waals surface area contributed by atoms with E-state index in [2.05, 4.69) is 0 Å². The van der Waals surface area contributed by atoms with Crippen LogP contribution in [0.1, 0.15) is 36.0 Å². The van der Waals surface area contributed by atoms with Crippen LogP contribution in [0.2, 0.25) is 0 Å². The van der Waals surface area contributed by atoms with E-state index >= 15 is 0 Å². The van der Waals surface area contributed by atoms with E-state index in [1.807, 2.05) is 27.7 Å². The predicted molar refractivity (Wildman–Crippen MR) is 66.2 cm³/mol. The third kappa shape index (κ3) is 31.7. The van der Waals surface area contributed by atoms with Gasteiger partial charge in [-0.15, -0.1) is 0 Å². The number of carbonyl (C=O) groups is 1. The molecule has 0 spiro atoms. The zero-order chi connectivity index (χ0) is 12.5. The van der Waals surface area contributed by atoms with Crippen molar-refractivity contribution in [2.45, 2.75) is 34.6 Å². The summed E-state index contributed by atoms with van der Waals surface area (Å²) in [7, 11) is 0. The van der Waals surface area contributed by atoms with Crippen molar-refractivity contribution in [1.29, 1.82) is 0 Å². The molecule has 4 heteroatoms. The molecule has 0 fully saturated rings. The number of Topliss-reactive ketones (excluding diaryl/α,β-unsaturated/α-hetero) is 1. The summed E-state index contributed by atoms with van der Waals surface area (Å²) in [4.78, 5) is 10.3. The van der Waals surface area contributed by atoms with Crippen molar-refractivity contribution in [3.05, 3.63) is 0 Å². The highest BCUT2D eigenvalue weighted by Gasteiger charge is 1.92. The van der Waals surface area contributed by atoms with Gasteiger partial charge in [0.05, 0.1) is 19.8 Å². The van der Waals surface area contributed by atoms with Crippen molar-refractivity contribution >= 4 is 5.78 Å². The number of nitrogens with two attached hydrogens (primary N) is 1. The highest BCUT2D eigenvalue weighted by atomic mass is 16.5. The monoisotopic (exact) mass is 223 g/mol. The molecule has 96 valence electrons. The smallest absolute Gasteiger partial charge is 0.155 e. The first kappa shape index (κ1) is 20.0. The Morgan fingerprint density at radius 1 is 1.07 bits per heavy atom. The lowest BCUT2D eigenvalue weighted by Gasteiger charge is -2.01. The van der Waals surface area contributed by atoms with Crippen LogP contribution >= 0.6 is 0 Å². The van der Waals surface area contributed by atoms with Gasteiger partial charge in [-0.25, -0.2) is 0 Å². The third-order valence-corrected chi connectivity index (χ3v) is 0.940. The first-order valence-electron chi connectivity index (χ1n) is 5.62. The van der Waals surface area contributed by atoms with E-state index in [9.17, 15) is 4.79 Å². The van der Waals surface area contributed by atoms with E-state index in [1.165, 1.54) is 6.92 Å². The van der Waals surface area contributed by atoms with Crippen LogP contribution in [0.5, 0.6) is 0 Å². The quantitative estimate of drug-likeness (QED) is 0.669. The number of ketones is 1. The fourth-order valence-corrected chi connectivity index (χ4v) is 0.519. The van der Waals surface area contributed by atoms with Gasteiger partial charge >= 0.3 is 0 Å². The number of ether oxygens (including phenoxy) is 2. The lowest BCUT2D eigenvalue weighted by Crippen LogP contribution is -2.13. The molecule has 2 N–H and O–H groups in total. The molecule has 0 aromatic rings. The van der Waals surface area contributed by atoms with E-state index in [0.29, 0.717) is 26.4 Å². The minimum Gasteiger partial charge on any atom is -0.378 e. The van der Waals surface area contributed by atoms with Gasteiger partial charge in [0, 0.05) is 7.97 Å². The van der Waals surface area contributed by atoms with Crippen molar-refractivity contribution in [2.75, 3.05) is 33.0 Å². The van der Waals surface area contributed by atoms with E-state index in [1.54, 1.807) is 0 Å². The van der Waals surface area contributed by atoms with Crippen molar-refractivity contribution < 1.29 is 15.7 Å². The van der Waals surface area contributed by atoms with Gasteiger partial charge in [0.15, 0.2) is 5.78 Å². The van der Waals surface area contributed by atoms with E-state index in [4.69, 9.17) is 15.2 Å². The van der Waals surface area contributed by atoms with Gasteiger partial charge in [-0.2, -0.15) is 0 Å². The van der Waals surface area contributed by atoms with Gasteiger partial charge in [0.2, 0.25) is 0 Å². The standard InChI is InChI=1S/C7H15NO3.2C2H6.H2/c1-7(9)6-11-5-4-10-3-2-8;2*1-2;/h2-6,8H2,1H3;2*1-2H3;1H. The molecule has 0 aliphatic heterocycles. The molecular weight excluding hydrogens is 194 g/mol. The van der Waals surface area contributed by atoms with Crippen LogP contribution in [0.25, 0.3) is 0 Å². The van der Waals surface area contributed by atoms with Gasteiger partial charge < -0.3 is 15.2 Å². The van der Waals surface area contributed by atoms with Crippen molar-refractivity contribution in [3.63, 3.8) is 0 Å². The van der Waals surface area contributed by atoms with E-state index < -0.39 is 0 Å². The zero-order valence-electron chi connectivity index (χ0n) is 10.8. The van der Waals surface area contributed by atoms with Crippen LogP contribution in [0, 0.1) is 0 Å². The molecule has 0 saturated carbocycles. The molecule has 0 atom stereocenters. The van der Waals surface area contributed by atoms with Crippen molar-refractivity contribution in [1.82, 2.24) is 0 Å². The second-order valence-electron chi connectivity index (χ2n) is 2.16. The fraction of sp³-hybridized carbons (Fsp3) is 0.909. The average Bonchev–Trinajstić information content (AvgIpc) is 2.28. The summed E-state index contributed by atoms with van der Waals surface area (Å²) in [5, 5.41) is 0.